The molecule has 0 bridgehead atoms. The molecule has 0 amide bonds. The van der Waals surface area contributed by atoms with Crippen LogP contribution in [0.25, 0.3) is 0 Å². The van der Waals surface area contributed by atoms with E-state index in [0.29, 0.717) is 27.8 Å². The molecule has 3 nitrogen and oxygen atoms in total. The highest BCUT2D eigenvalue weighted by atomic mass is 35.5. The van der Waals surface area contributed by atoms with Crippen molar-refractivity contribution in [2.75, 3.05) is 17.2 Å². The second-order valence-corrected chi connectivity index (χ2v) is 4.96. The van der Waals surface area contributed by atoms with Crippen molar-refractivity contribution in [3.63, 3.8) is 0 Å². The minimum Gasteiger partial charge on any atom is -0.369 e. The molecule has 16 heavy (non-hydrogen) atoms. The molecule has 1 fully saturated rings. The van der Waals surface area contributed by atoms with Crippen LogP contribution in [-0.4, -0.2) is 17.6 Å². The van der Waals surface area contributed by atoms with Gasteiger partial charge in [0.05, 0.1) is 10.0 Å². The number of nitrogens with one attached hydrogen (secondary N) is 2. The van der Waals surface area contributed by atoms with Crippen molar-refractivity contribution >= 4 is 34.8 Å². The fourth-order valence-electron chi connectivity index (χ4n) is 1.56. The fraction of sp³-hybridized carbons (Fsp3) is 0.545. The Kier molecular flexibility index (Phi) is 3.45. The molecule has 1 aliphatic rings. The summed E-state index contributed by atoms with van der Waals surface area (Å²) < 4.78 is 0. The van der Waals surface area contributed by atoms with E-state index in [4.69, 9.17) is 23.2 Å². The molecule has 1 saturated carbocycles. The second-order valence-electron chi connectivity index (χ2n) is 4.14. The second kappa shape index (κ2) is 4.68. The summed E-state index contributed by atoms with van der Waals surface area (Å²) in [6.45, 7) is 4.99. The van der Waals surface area contributed by atoms with Gasteiger partial charge in [-0.25, -0.2) is 4.98 Å². The van der Waals surface area contributed by atoms with Gasteiger partial charge >= 0.3 is 0 Å². The largest absolute Gasteiger partial charge is 0.369 e. The van der Waals surface area contributed by atoms with Crippen molar-refractivity contribution in [2.24, 2.45) is 5.92 Å². The number of anilines is 2. The van der Waals surface area contributed by atoms with Gasteiger partial charge in [0.15, 0.2) is 0 Å². The molecule has 1 aromatic heterocycles. The van der Waals surface area contributed by atoms with Crippen molar-refractivity contribution in [1.82, 2.24) is 4.98 Å². The molecule has 1 aliphatic carbocycles. The Hall–Kier alpha value is -0.670. The predicted molar refractivity (Wildman–Crippen MR) is 69.6 cm³/mol. The molecular formula is C11H15Cl2N3. The van der Waals surface area contributed by atoms with Gasteiger partial charge in [0.1, 0.15) is 11.6 Å². The Labute approximate surface area is 106 Å². The van der Waals surface area contributed by atoms with Gasteiger partial charge in [-0.3, -0.25) is 0 Å². The highest BCUT2D eigenvalue weighted by molar-refractivity contribution is 6.37. The van der Waals surface area contributed by atoms with Crippen LogP contribution in [-0.2, 0) is 0 Å². The number of hydrogen-bond donors (Lipinski definition) is 2. The predicted octanol–water partition coefficient (Wildman–Crippen LogP) is 3.64. The van der Waals surface area contributed by atoms with Gasteiger partial charge in [0.2, 0.25) is 0 Å². The first-order valence-electron chi connectivity index (χ1n) is 5.48. The topological polar surface area (TPSA) is 37.0 Å². The average molecular weight is 260 g/mol. The smallest absolute Gasteiger partial charge is 0.147 e. The van der Waals surface area contributed by atoms with Crippen molar-refractivity contribution in [3.05, 3.63) is 16.1 Å². The molecule has 0 aliphatic heterocycles. The van der Waals surface area contributed by atoms with Crippen LogP contribution < -0.4 is 10.6 Å². The van der Waals surface area contributed by atoms with Crippen LogP contribution in [0.15, 0.2) is 6.07 Å². The lowest BCUT2D eigenvalue weighted by Gasteiger charge is -2.11. The third-order valence-corrected chi connectivity index (χ3v) is 3.28. The lowest BCUT2D eigenvalue weighted by molar-refractivity contribution is 0.923. The molecule has 2 rings (SSSR count). The van der Waals surface area contributed by atoms with Gasteiger partial charge in [-0.2, -0.15) is 0 Å². The molecule has 0 spiro atoms. The van der Waals surface area contributed by atoms with Crippen LogP contribution in [0.2, 0.25) is 10.0 Å². The fourth-order valence-corrected chi connectivity index (χ4v) is 2.04. The molecular weight excluding hydrogens is 245 g/mol. The zero-order valence-corrected chi connectivity index (χ0v) is 10.9. The van der Waals surface area contributed by atoms with Crippen LogP contribution in [0.1, 0.15) is 20.3 Å². The van der Waals surface area contributed by atoms with Crippen molar-refractivity contribution in [1.29, 1.82) is 0 Å². The highest BCUT2D eigenvalue weighted by Crippen LogP contribution is 2.36. The Morgan fingerprint density at radius 2 is 2.00 bits per heavy atom. The van der Waals surface area contributed by atoms with Gasteiger partial charge in [0, 0.05) is 12.6 Å². The minimum absolute atomic E-state index is 0.501. The van der Waals surface area contributed by atoms with Gasteiger partial charge in [0.25, 0.3) is 0 Å². The number of nitrogens with zero attached hydrogens (tertiary/aromatic N) is 1. The van der Waals surface area contributed by atoms with E-state index < -0.39 is 0 Å². The van der Waals surface area contributed by atoms with Crippen LogP contribution in [0, 0.1) is 5.92 Å². The SMILES string of the molecule is CCNc1nc(NC2CC2C)c(Cl)cc1Cl. The van der Waals surface area contributed by atoms with E-state index in [2.05, 4.69) is 22.5 Å². The van der Waals surface area contributed by atoms with Gasteiger partial charge < -0.3 is 10.6 Å². The van der Waals surface area contributed by atoms with E-state index in [0.717, 1.165) is 12.4 Å². The number of halogens is 2. The molecule has 1 heterocycles. The van der Waals surface area contributed by atoms with E-state index in [1.54, 1.807) is 6.07 Å². The van der Waals surface area contributed by atoms with E-state index >= 15 is 0 Å². The summed E-state index contributed by atoms with van der Waals surface area (Å²) >= 11 is 12.1. The molecule has 2 N–H and O–H groups in total. The van der Waals surface area contributed by atoms with Crippen molar-refractivity contribution < 1.29 is 0 Å². The zero-order chi connectivity index (χ0) is 11.7. The third kappa shape index (κ3) is 2.53. The number of hydrogen-bond acceptors (Lipinski definition) is 3. The lowest BCUT2D eigenvalue weighted by atomic mass is 10.4. The number of rotatable bonds is 4. The quantitative estimate of drug-likeness (QED) is 0.867. The molecule has 2 atom stereocenters. The van der Waals surface area contributed by atoms with Gasteiger partial charge in [-0.1, -0.05) is 30.1 Å². The third-order valence-electron chi connectivity index (χ3n) is 2.71. The maximum Gasteiger partial charge on any atom is 0.147 e. The standard InChI is InChI=1S/C11H15Cl2N3/c1-3-14-10-7(12)5-8(13)11(16-10)15-9-4-6(9)2/h5-6,9H,3-4H2,1-2H3,(H2,14,15,16). The summed E-state index contributed by atoms with van der Waals surface area (Å²) in [5.41, 5.74) is 0. The van der Waals surface area contributed by atoms with E-state index in [1.165, 1.54) is 6.42 Å². The Morgan fingerprint density at radius 3 is 2.56 bits per heavy atom. The first kappa shape index (κ1) is 11.8. The maximum atomic E-state index is 6.08. The molecule has 88 valence electrons. The summed E-state index contributed by atoms with van der Waals surface area (Å²) in [7, 11) is 0. The van der Waals surface area contributed by atoms with Crippen LogP contribution in [0.3, 0.4) is 0 Å². The highest BCUT2D eigenvalue weighted by Gasteiger charge is 2.33. The summed E-state index contributed by atoms with van der Waals surface area (Å²) in [5, 5.41) is 7.56. The van der Waals surface area contributed by atoms with Crippen LogP contribution in [0.5, 0.6) is 0 Å². The molecule has 5 heteroatoms. The summed E-state index contributed by atoms with van der Waals surface area (Å²) in [6, 6.07) is 2.23. The van der Waals surface area contributed by atoms with E-state index in [-0.39, 0.29) is 0 Å². The van der Waals surface area contributed by atoms with E-state index in [1.807, 2.05) is 6.92 Å². The normalized spacial score (nSPS) is 23.0. The van der Waals surface area contributed by atoms with Crippen molar-refractivity contribution in [3.8, 4) is 0 Å². The summed E-state index contributed by atoms with van der Waals surface area (Å²) in [6.07, 6.45) is 1.18. The Balaban J connectivity index is 2.19. The van der Waals surface area contributed by atoms with E-state index in [9.17, 15) is 0 Å². The van der Waals surface area contributed by atoms with Gasteiger partial charge in [-0.05, 0) is 25.3 Å². The first-order valence-corrected chi connectivity index (χ1v) is 6.23. The summed E-state index contributed by atoms with van der Waals surface area (Å²) in [4.78, 5) is 4.39. The maximum absolute atomic E-state index is 6.08. The van der Waals surface area contributed by atoms with Gasteiger partial charge in [-0.15, -0.1) is 0 Å². The average Bonchev–Trinajstić information content (AvgIpc) is 2.90. The monoisotopic (exact) mass is 259 g/mol. The number of pyridine rings is 1. The molecule has 2 unspecified atom stereocenters. The summed E-state index contributed by atoms with van der Waals surface area (Å²) in [5.74, 6) is 2.11. The molecule has 0 radical (unpaired) electrons. The Bertz CT molecular complexity index is 395. The van der Waals surface area contributed by atoms with Crippen LogP contribution >= 0.6 is 23.2 Å². The first-order chi connectivity index (χ1) is 7.61. The van der Waals surface area contributed by atoms with Crippen molar-refractivity contribution in [2.45, 2.75) is 26.3 Å². The minimum atomic E-state index is 0.501. The Morgan fingerprint density at radius 1 is 1.38 bits per heavy atom. The molecule has 0 aromatic carbocycles. The molecule has 1 aromatic rings. The number of aromatic nitrogens is 1. The molecule has 0 saturated heterocycles. The van der Waals surface area contributed by atoms with Crippen LogP contribution in [0.4, 0.5) is 11.6 Å². The zero-order valence-electron chi connectivity index (χ0n) is 9.35. The lowest BCUT2D eigenvalue weighted by Crippen LogP contribution is -2.08.